The summed E-state index contributed by atoms with van der Waals surface area (Å²) in [6.07, 6.45) is 1.02. The van der Waals surface area contributed by atoms with Gasteiger partial charge in [-0.15, -0.1) is 0 Å². The van der Waals surface area contributed by atoms with Crippen LogP contribution in [-0.4, -0.2) is 55.4 Å². The minimum atomic E-state index is -4.08. The summed E-state index contributed by atoms with van der Waals surface area (Å²) in [6.45, 7) is 3.38. The van der Waals surface area contributed by atoms with Gasteiger partial charge in [0, 0.05) is 31.6 Å². The number of sulfonamides is 1. The van der Waals surface area contributed by atoms with E-state index in [9.17, 15) is 32.5 Å². The molecule has 0 unspecified atom stereocenters. The molecular weight excluding hydrogens is 551 g/mol. The number of nitrogens with one attached hydrogen (secondary N) is 1. The van der Waals surface area contributed by atoms with Gasteiger partial charge in [-0.2, -0.15) is 0 Å². The fraction of sp³-hybridized carbons (Fsp3) is 0.310. The molecule has 0 aliphatic heterocycles. The van der Waals surface area contributed by atoms with E-state index in [0.717, 1.165) is 22.2 Å². The van der Waals surface area contributed by atoms with Gasteiger partial charge in [-0.1, -0.05) is 62.4 Å². The summed E-state index contributed by atoms with van der Waals surface area (Å²) >= 11 is 0. The van der Waals surface area contributed by atoms with Crippen LogP contribution in [0.5, 0.6) is 0 Å². The molecule has 0 radical (unpaired) electrons. The molecule has 1 N–H and O–H groups in total. The molecule has 3 rings (SSSR count). The molecule has 1 atom stereocenters. The van der Waals surface area contributed by atoms with Crippen LogP contribution in [0.25, 0.3) is 0 Å². The zero-order valence-corrected chi connectivity index (χ0v) is 23.9. The summed E-state index contributed by atoms with van der Waals surface area (Å²) in [5, 5.41) is 14.2. The maximum Gasteiger partial charge on any atom is 0.271 e. The third-order valence-electron chi connectivity index (χ3n) is 6.23. The van der Waals surface area contributed by atoms with Gasteiger partial charge in [-0.3, -0.25) is 24.0 Å². The fourth-order valence-corrected chi connectivity index (χ4v) is 4.98. The number of halogens is 1. The van der Waals surface area contributed by atoms with Crippen LogP contribution < -0.4 is 9.62 Å². The molecule has 0 fully saturated rings. The molecule has 0 saturated carbocycles. The van der Waals surface area contributed by atoms with Crippen molar-refractivity contribution in [3.8, 4) is 0 Å². The fourth-order valence-electron chi connectivity index (χ4n) is 4.14. The van der Waals surface area contributed by atoms with Crippen LogP contribution >= 0.6 is 0 Å². The van der Waals surface area contributed by atoms with Crippen molar-refractivity contribution in [3.63, 3.8) is 0 Å². The third kappa shape index (κ3) is 9.10. The summed E-state index contributed by atoms with van der Waals surface area (Å²) in [7, 11) is -4.08. The molecule has 10 nitrogen and oxygen atoms in total. The van der Waals surface area contributed by atoms with Gasteiger partial charge >= 0.3 is 0 Å². The van der Waals surface area contributed by atoms with Crippen molar-refractivity contribution in [2.75, 3.05) is 23.7 Å². The lowest BCUT2D eigenvalue weighted by molar-refractivity contribution is -0.384. The first-order valence-electron chi connectivity index (χ1n) is 12.9. The van der Waals surface area contributed by atoms with E-state index in [1.54, 1.807) is 12.1 Å². The summed E-state index contributed by atoms with van der Waals surface area (Å²) in [5.41, 5.74) is 0.880. The van der Waals surface area contributed by atoms with E-state index in [1.165, 1.54) is 47.4 Å². The number of non-ortho nitro benzene ring substituents is 1. The molecule has 218 valence electrons. The lowest BCUT2D eigenvalue weighted by atomic mass is 10.0. The SMILES string of the molecule is CC(C)CNC(=O)[C@H](Cc1ccccc1)N(Cc1ccc(F)cc1)C(=O)CN(c1cccc([N+](=O)[O-])c1)S(C)(=O)=O. The van der Waals surface area contributed by atoms with Crippen LogP contribution in [0.3, 0.4) is 0 Å². The van der Waals surface area contributed by atoms with E-state index >= 15 is 0 Å². The number of amides is 2. The van der Waals surface area contributed by atoms with Gasteiger partial charge in [0.1, 0.15) is 18.4 Å². The van der Waals surface area contributed by atoms with E-state index in [4.69, 9.17) is 0 Å². The Hall–Kier alpha value is -4.32. The Balaban J connectivity index is 2.06. The van der Waals surface area contributed by atoms with Gasteiger partial charge in [0.2, 0.25) is 21.8 Å². The Labute approximate surface area is 239 Å². The highest BCUT2D eigenvalue weighted by Gasteiger charge is 2.33. The van der Waals surface area contributed by atoms with Crippen molar-refractivity contribution in [3.05, 3.63) is 106 Å². The van der Waals surface area contributed by atoms with Gasteiger partial charge in [0.25, 0.3) is 5.69 Å². The Morgan fingerprint density at radius 1 is 0.976 bits per heavy atom. The predicted octanol–water partition coefficient (Wildman–Crippen LogP) is 3.91. The monoisotopic (exact) mass is 584 g/mol. The first kappa shape index (κ1) is 31.2. The lowest BCUT2D eigenvalue weighted by Gasteiger charge is -2.33. The molecule has 0 bridgehead atoms. The maximum atomic E-state index is 14.0. The molecule has 0 aliphatic carbocycles. The normalized spacial score (nSPS) is 12.0. The molecule has 12 heteroatoms. The molecule has 3 aromatic carbocycles. The Kier molecular flexibility index (Phi) is 10.5. The van der Waals surface area contributed by atoms with E-state index in [1.807, 2.05) is 32.0 Å². The summed E-state index contributed by atoms with van der Waals surface area (Å²) in [5.74, 6) is -1.49. The van der Waals surface area contributed by atoms with Crippen molar-refractivity contribution in [1.29, 1.82) is 0 Å². The van der Waals surface area contributed by atoms with Gasteiger partial charge < -0.3 is 10.2 Å². The van der Waals surface area contributed by atoms with E-state index < -0.39 is 45.2 Å². The van der Waals surface area contributed by atoms with E-state index in [2.05, 4.69) is 5.32 Å². The van der Waals surface area contributed by atoms with Gasteiger partial charge in [0.15, 0.2) is 0 Å². The van der Waals surface area contributed by atoms with Crippen LogP contribution in [0.4, 0.5) is 15.8 Å². The van der Waals surface area contributed by atoms with Crippen LogP contribution in [0.2, 0.25) is 0 Å². The van der Waals surface area contributed by atoms with E-state index in [0.29, 0.717) is 12.1 Å². The average molecular weight is 585 g/mol. The second-order valence-electron chi connectivity index (χ2n) is 10.0. The summed E-state index contributed by atoms with van der Waals surface area (Å²) < 4.78 is 40.0. The topological polar surface area (TPSA) is 130 Å². The zero-order valence-electron chi connectivity index (χ0n) is 23.1. The quantitative estimate of drug-likeness (QED) is 0.240. The van der Waals surface area contributed by atoms with Crippen molar-refractivity contribution in [1.82, 2.24) is 10.2 Å². The van der Waals surface area contributed by atoms with Gasteiger partial charge in [-0.25, -0.2) is 12.8 Å². The highest BCUT2D eigenvalue weighted by molar-refractivity contribution is 7.92. The minimum absolute atomic E-state index is 0.0688. The number of nitro groups is 1. The standard InChI is InChI=1S/C29H33FN4O6S/c1-21(2)18-31-29(36)27(16-22-8-5-4-6-9-22)32(19-23-12-14-24(30)15-13-23)28(35)20-33(41(3,39)40)25-10-7-11-26(17-25)34(37)38/h4-15,17,21,27H,16,18-20H2,1-3H3,(H,31,36)/t27-/m0/s1. The molecule has 0 heterocycles. The molecule has 0 spiro atoms. The Morgan fingerprint density at radius 2 is 1.63 bits per heavy atom. The number of hydrogen-bond donors (Lipinski definition) is 1. The first-order valence-corrected chi connectivity index (χ1v) is 14.8. The molecule has 2 amide bonds. The van der Waals surface area contributed by atoms with Crippen LogP contribution in [0.1, 0.15) is 25.0 Å². The summed E-state index contributed by atoms with van der Waals surface area (Å²) in [4.78, 5) is 39.4. The predicted molar refractivity (Wildman–Crippen MR) is 154 cm³/mol. The Bertz CT molecular complexity index is 1470. The molecule has 0 aliphatic rings. The first-order chi connectivity index (χ1) is 19.3. The molecule has 0 aromatic heterocycles. The van der Waals surface area contributed by atoms with E-state index in [-0.39, 0.29) is 30.3 Å². The van der Waals surface area contributed by atoms with Crippen molar-refractivity contribution < 1.29 is 27.3 Å². The highest BCUT2D eigenvalue weighted by atomic mass is 32.2. The van der Waals surface area contributed by atoms with Gasteiger partial charge in [-0.05, 0) is 35.2 Å². The zero-order chi connectivity index (χ0) is 30.2. The lowest BCUT2D eigenvalue weighted by Crippen LogP contribution is -2.53. The number of carbonyl (C=O) groups is 2. The average Bonchev–Trinajstić information content (AvgIpc) is 2.93. The van der Waals surface area contributed by atoms with Crippen molar-refractivity contribution in [2.24, 2.45) is 5.92 Å². The highest BCUT2D eigenvalue weighted by Crippen LogP contribution is 2.24. The van der Waals surface area contributed by atoms with Crippen LogP contribution in [-0.2, 0) is 32.6 Å². The molecule has 0 saturated heterocycles. The second kappa shape index (κ2) is 13.8. The summed E-state index contributed by atoms with van der Waals surface area (Å²) in [6, 6.07) is 18.4. The number of nitro benzene ring substituents is 1. The second-order valence-corrected chi connectivity index (χ2v) is 11.9. The number of nitrogens with zero attached hydrogens (tertiary/aromatic N) is 3. The number of rotatable bonds is 13. The molecule has 41 heavy (non-hydrogen) atoms. The molecular formula is C29H33FN4O6S. The third-order valence-corrected chi connectivity index (χ3v) is 7.37. The largest absolute Gasteiger partial charge is 0.354 e. The Morgan fingerprint density at radius 3 is 2.22 bits per heavy atom. The maximum absolute atomic E-state index is 14.0. The minimum Gasteiger partial charge on any atom is -0.354 e. The smallest absolute Gasteiger partial charge is 0.271 e. The number of benzene rings is 3. The van der Waals surface area contributed by atoms with Crippen LogP contribution in [0.15, 0.2) is 78.9 Å². The number of hydrogen-bond acceptors (Lipinski definition) is 6. The van der Waals surface area contributed by atoms with Crippen molar-refractivity contribution in [2.45, 2.75) is 32.9 Å². The van der Waals surface area contributed by atoms with Crippen molar-refractivity contribution >= 4 is 33.2 Å². The van der Waals surface area contributed by atoms with Gasteiger partial charge in [0.05, 0.1) is 16.9 Å². The van der Waals surface area contributed by atoms with Crippen LogP contribution in [0, 0.1) is 21.8 Å². The molecule has 3 aromatic rings. The number of carbonyl (C=O) groups excluding carboxylic acids is 2. The number of anilines is 1.